The first kappa shape index (κ1) is 8.64. The molecule has 1 aromatic heterocycles. The molecule has 1 heterocycles. The molecule has 0 bridgehead atoms. The van der Waals surface area contributed by atoms with Crippen LogP contribution in [0.3, 0.4) is 0 Å². The van der Waals surface area contributed by atoms with E-state index < -0.39 is 5.82 Å². The molecule has 0 aliphatic rings. The predicted molar refractivity (Wildman–Crippen MR) is 43.2 cm³/mol. The number of halogens is 1. The first-order valence-corrected chi connectivity index (χ1v) is 3.49. The van der Waals surface area contributed by atoms with Gasteiger partial charge < -0.3 is 5.32 Å². The zero-order valence-corrected chi connectivity index (χ0v) is 6.89. The van der Waals surface area contributed by atoms with Gasteiger partial charge in [-0.05, 0) is 12.5 Å². The Balaban J connectivity index is 3.04. The van der Waals surface area contributed by atoms with E-state index in [2.05, 4.69) is 10.3 Å². The number of rotatable bonds is 1. The van der Waals surface area contributed by atoms with Crippen molar-refractivity contribution in [1.29, 1.82) is 0 Å². The van der Waals surface area contributed by atoms with Crippen molar-refractivity contribution in [2.75, 3.05) is 5.32 Å². The standard InChI is InChI=1S/C8H9FN2O/c1-5-3-10-4-7(9)8(5)11-6(2)12/h3-4H,1-2H3,(H,10,11,12). The zero-order chi connectivity index (χ0) is 9.14. The number of hydrogen-bond acceptors (Lipinski definition) is 2. The fourth-order valence-electron chi connectivity index (χ4n) is 0.866. The number of pyridine rings is 1. The van der Waals surface area contributed by atoms with Crippen molar-refractivity contribution in [1.82, 2.24) is 4.98 Å². The van der Waals surface area contributed by atoms with E-state index in [-0.39, 0.29) is 11.6 Å². The maximum absolute atomic E-state index is 12.9. The third-order valence-corrected chi connectivity index (χ3v) is 1.39. The third-order valence-electron chi connectivity index (χ3n) is 1.39. The van der Waals surface area contributed by atoms with Gasteiger partial charge in [0.15, 0.2) is 5.82 Å². The summed E-state index contributed by atoms with van der Waals surface area (Å²) in [7, 11) is 0. The molecule has 3 nitrogen and oxygen atoms in total. The van der Waals surface area contributed by atoms with Gasteiger partial charge in [-0.1, -0.05) is 0 Å². The molecule has 1 aromatic rings. The number of carbonyl (C=O) groups excluding carboxylic acids is 1. The van der Waals surface area contributed by atoms with Crippen LogP contribution in [0.2, 0.25) is 0 Å². The number of anilines is 1. The average molecular weight is 168 g/mol. The maximum Gasteiger partial charge on any atom is 0.221 e. The minimum Gasteiger partial charge on any atom is -0.324 e. The van der Waals surface area contributed by atoms with Crippen LogP contribution in [-0.2, 0) is 4.79 Å². The van der Waals surface area contributed by atoms with Gasteiger partial charge in [-0.3, -0.25) is 9.78 Å². The van der Waals surface area contributed by atoms with E-state index in [0.717, 1.165) is 6.20 Å². The number of hydrogen-bond donors (Lipinski definition) is 1. The minimum absolute atomic E-state index is 0.206. The predicted octanol–water partition coefficient (Wildman–Crippen LogP) is 1.49. The zero-order valence-electron chi connectivity index (χ0n) is 6.89. The Bertz CT molecular complexity index is 292. The van der Waals surface area contributed by atoms with Gasteiger partial charge in [-0.2, -0.15) is 0 Å². The summed E-state index contributed by atoms with van der Waals surface area (Å²) in [5, 5.41) is 2.39. The van der Waals surface area contributed by atoms with Gasteiger partial charge in [0, 0.05) is 13.1 Å². The van der Waals surface area contributed by atoms with Gasteiger partial charge in [0.05, 0.1) is 11.9 Å². The Hall–Kier alpha value is -1.45. The van der Waals surface area contributed by atoms with Gasteiger partial charge in [0.25, 0.3) is 0 Å². The van der Waals surface area contributed by atoms with Crippen LogP contribution < -0.4 is 5.32 Å². The summed E-state index contributed by atoms with van der Waals surface area (Å²) in [4.78, 5) is 14.2. The van der Waals surface area contributed by atoms with Crippen molar-refractivity contribution in [3.05, 3.63) is 23.8 Å². The molecular formula is C8H9FN2O. The van der Waals surface area contributed by atoms with Gasteiger partial charge in [0.1, 0.15) is 0 Å². The Morgan fingerprint density at radius 1 is 1.58 bits per heavy atom. The fraction of sp³-hybridized carbons (Fsp3) is 0.250. The molecule has 0 unspecified atom stereocenters. The molecule has 0 spiro atoms. The number of nitrogens with one attached hydrogen (secondary N) is 1. The maximum atomic E-state index is 12.9. The lowest BCUT2D eigenvalue weighted by molar-refractivity contribution is -0.114. The second-order valence-corrected chi connectivity index (χ2v) is 2.49. The van der Waals surface area contributed by atoms with Crippen LogP contribution in [0.5, 0.6) is 0 Å². The third kappa shape index (κ3) is 1.78. The average Bonchev–Trinajstić information content (AvgIpc) is 1.97. The molecule has 0 aromatic carbocycles. The monoisotopic (exact) mass is 168 g/mol. The van der Waals surface area contributed by atoms with E-state index in [4.69, 9.17) is 0 Å². The van der Waals surface area contributed by atoms with Crippen molar-refractivity contribution in [2.24, 2.45) is 0 Å². The van der Waals surface area contributed by atoms with Gasteiger partial charge in [-0.15, -0.1) is 0 Å². The van der Waals surface area contributed by atoms with Gasteiger partial charge in [-0.25, -0.2) is 4.39 Å². The molecule has 0 radical (unpaired) electrons. The molecule has 4 heteroatoms. The summed E-state index contributed by atoms with van der Waals surface area (Å²) in [6.07, 6.45) is 2.56. The Kier molecular flexibility index (Phi) is 2.38. The Morgan fingerprint density at radius 2 is 2.25 bits per heavy atom. The van der Waals surface area contributed by atoms with Crippen molar-refractivity contribution in [2.45, 2.75) is 13.8 Å². The lowest BCUT2D eigenvalue weighted by atomic mass is 10.2. The summed E-state index contributed by atoms with van der Waals surface area (Å²) in [5.74, 6) is -0.798. The highest BCUT2D eigenvalue weighted by atomic mass is 19.1. The van der Waals surface area contributed by atoms with Crippen LogP contribution in [0, 0.1) is 12.7 Å². The second kappa shape index (κ2) is 3.30. The molecule has 0 aliphatic carbocycles. The quantitative estimate of drug-likeness (QED) is 0.690. The second-order valence-electron chi connectivity index (χ2n) is 2.49. The van der Waals surface area contributed by atoms with Crippen molar-refractivity contribution in [3.8, 4) is 0 Å². The number of aromatic nitrogens is 1. The minimum atomic E-state index is -0.509. The number of amides is 1. The van der Waals surface area contributed by atoms with Crippen LogP contribution in [0.15, 0.2) is 12.4 Å². The van der Waals surface area contributed by atoms with Gasteiger partial charge in [0.2, 0.25) is 5.91 Å². The van der Waals surface area contributed by atoms with Crippen molar-refractivity contribution < 1.29 is 9.18 Å². The number of carbonyl (C=O) groups is 1. The highest BCUT2D eigenvalue weighted by molar-refractivity contribution is 5.89. The van der Waals surface area contributed by atoms with E-state index in [1.165, 1.54) is 13.1 Å². The first-order chi connectivity index (χ1) is 5.61. The number of nitrogens with zero attached hydrogens (tertiary/aromatic N) is 1. The summed E-state index contributed by atoms with van der Waals surface area (Å²) in [5.41, 5.74) is 0.822. The fourth-order valence-corrected chi connectivity index (χ4v) is 0.866. The Morgan fingerprint density at radius 3 is 2.75 bits per heavy atom. The molecule has 0 aliphatic heterocycles. The van der Waals surface area contributed by atoms with Crippen LogP contribution >= 0.6 is 0 Å². The van der Waals surface area contributed by atoms with Crippen LogP contribution in [0.4, 0.5) is 10.1 Å². The molecule has 0 atom stereocenters. The van der Waals surface area contributed by atoms with E-state index in [0.29, 0.717) is 5.56 Å². The highest BCUT2D eigenvalue weighted by Crippen LogP contribution is 2.16. The largest absolute Gasteiger partial charge is 0.324 e. The summed E-state index contributed by atoms with van der Waals surface area (Å²) < 4.78 is 12.9. The normalized spacial score (nSPS) is 9.58. The summed E-state index contributed by atoms with van der Waals surface area (Å²) in [6.45, 7) is 3.01. The summed E-state index contributed by atoms with van der Waals surface area (Å²) >= 11 is 0. The van der Waals surface area contributed by atoms with E-state index in [1.54, 1.807) is 6.92 Å². The van der Waals surface area contributed by atoms with Crippen LogP contribution in [0.25, 0.3) is 0 Å². The molecule has 1 rings (SSSR count). The topological polar surface area (TPSA) is 42.0 Å². The molecule has 1 N–H and O–H groups in total. The van der Waals surface area contributed by atoms with Gasteiger partial charge >= 0.3 is 0 Å². The highest BCUT2D eigenvalue weighted by Gasteiger charge is 2.06. The van der Waals surface area contributed by atoms with Crippen LogP contribution in [-0.4, -0.2) is 10.9 Å². The van der Waals surface area contributed by atoms with Crippen molar-refractivity contribution >= 4 is 11.6 Å². The molecule has 12 heavy (non-hydrogen) atoms. The molecule has 0 saturated heterocycles. The lowest BCUT2D eigenvalue weighted by Crippen LogP contribution is -2.09. The van der Waals surface area contributed by atoms with E-state index >= 15 is 0 Å². The SMILES string of the molecule is CC(=O)Nc1c(C)cncc1F. The Labute approximate surface area is 69.6 Å². The molecule has 0 saturated carbocycles. The van der Waals surface area contributed by atoms with Crippen molar-refractivity contribution in [3.63, 3.8) is 0 Å². The number of aryl methyl sites for hydroxylation is 1. The molecule has 64 valence electrons. The summed E-state index contributed by atoms with van der Waals surface area (Å²) in [6, 6.07) is 0. The molecular weight excluding hydrogens is 159 g/mol. The lowest BCUT2D eigenvalue weighted by Gasteiger charge is -2.05. The van der Waals surface area contributed by atoms with E-state index in [1.807, 2.05) is 0 Å². The van der Waals surface area contributed by atoms with Crippen LogP contribution in [0.1, 0.15) is 12.5 Å². The van der Waals surface area contributed by atoms with E-state index in [9.17, 15) is 9.18 Å². The smallest absolute Gasteiger partial charge is 0.221 e. The molecule has 1 amide bonds. The molecule has 0 fully saturated rings. The first-order valence-electron chi connectivity index (χ1n) is 3.49.